The van der Waals surface area contributed by atoms with Crippen LogP contribution in [0.3, 0.4) is 0 Å². The van der Waals surface area contributed by atoms with Gasteiger partial charge in [0.25, 0.3) is 0 Å². The number of aromatic hydroxyl groups is 1. The second-order valence-corrected chi connectivity index (χ2v) is 2.16. The second-order valence-electron chi connectivity index (χ2n) is 1.40. The van der Waals surface area contributed by atoms with Gasteiger partial charge in [0.1, 0.15) is 0 Å². The summed E-state index contributed by atoms with van der Waals surface area (Å²) in [6.07, 6.45) is 1.23. The van der Waals surface area contributed by atoms with Gasteiger partial charge in [0.05, 0.1) is 6.20 Å². The molecule has 1 heterocycles. The molecule has 0 aliphatic heterocycles. The van der Waals surface area contributed by atoms with Crippen molar-refractivity contribution in [2.75, 3.05) is 5.73 Å². The smallest absolute Gasteiger partial charge is 0.221 e. The van der Waals surface area contributed by atoms with Gasteiger partial charge in [0.2, 0.25) is 5.95 Å². The van der Waals surface area contributed by atoms with E-state index in [-0.39, 0.29) is 11.7 Å². The quantitative estimate of drug-likeness (QED) is 0.585. The van der Waals surface area contributed by atoms with Crippen molar-refractivity contribution in [3.63, 3.8) is 0 Å². The maximum Gasteiger partial charge on any atom is 0.221 e. The summed E-state index contributed by atoms with van der Waals surface area (Å²) >= 11 is 2.96. The fourth-order valence-electron chi connectivity index (χ4n) is 0.367. The molecule has 0 saturated heterocycles. The monoisotopic (exact) mass is 189 g/mol. The molecule has 1 aromatic rings. The van der Waals surface area contributed by atoms with Gasteiger partial charge in [0.15, 0.2) is 10.4 Å². The third-order valence-corrected chi connectivity index (χ3v) is 1.33. The number of nitrogens with two attached hydrogens (primary N) is 1. The molecular formula is C4H4BrN3O. The molecule has 5 heteroatoms. The molecule has 1 aromatic heterocycles. The lowest BCUT2D eigenvalue weighted by atomic mass is 10.6. The van der Waals surface area contributed by atoms with Crippen LogP contribution >= 0.6 is 15.9 Å². The van der Waals surface area contributed by atoms with Crippen molar-refractivity contribution in [2.24, 2.45) is 0 Å². The van der Waals surface area contributed by atoms with E-state index in [1.54, 1.807) is 0 Å². The van der Waals surface area contributed by atoms with Crippen LogP contribution in [-0.2, 0) is 0 Å². The summed E-state index contributed by atoms with van der Waals surface area (Å²) in [5.41, 5.74) is 5.16. The Bertz CT molecular complexity index is 227. The molecule has 4 nitrogen and oxygen atoms in total. The average molecular weight is 190 g/mol. The highest BCUT2D eigenvalue weighted by atomic mass is 79.9. The Labute approximate surface area is 59.9 Å². The Hall–Kier alpha value is -0.840. The maximum absolute atomic E-state index is 8.82. The molecule has 0 aromatic carbocycles. The van der Waals surface area contributed by atoms with Gasteiger partial charge in [-0.3, -0.25) is 0 Å². The van der Waals surface area contributed by atoms with Gasteiger partial charge in [-0.05, 0) is 15.9 Å². The number of halogens is 1. The minimum Gasteiger partial charge on any atom is -0.504 e. The molecular weight excluding hydrogens is 186 g/mol. The van der Waals surface area contributed by atoms with Crippen LogP contribution in [0.5, 0.6) is 5.75 Å². The lowest BCUT2D eigenvalue weighted by molar-refractivity contribution is 0.466. The van der Waals surface area contributed by atoms with Crippen LogP contribution in [0, 0.1) is 0 Å². The molecule has 0 saturated carbocycles. The molecule has 0 unspecified atom stereocenters. The molecule has 9 heavy (non-hydrogen) atoms. The largest absolute Gasteiger partial charge is 0.504 e. The van der Waals surface area contributed by atoms with Crippen LogP contribution < -0.4 is 5.73 Å². The van der Waals surface area contributed by atoms with Gasteiger partial charge < -0.3 is 10.8 Å². The van der Waals surface area contributed by atoms with Crippen molar-refractivity contribution in [2.45, 2.75) is 0 Å². The summed E-state index contributed by atoms with van der Waals surface area (Å²) in [5, 5.41) is 8.82. The van der Waals surface area contributed by atoms with Crippen LogP contribution in [0.1, 0.15) is 0 Å². The Morgan fingerprint density at radius 2 is 2.33 bits per heavy atom. The van der Waals surface area contributed by atoms with E-state index >= 15 is 0 Å². The molecule has 3 N–H and O–H groups in total. The number of nitrogen functional groups attached to an aromatic ring is 1. The van der Waals surface area contributed by atoms with Gasteiger partial charge in [-0.1, -0.05) is 0 Å². The summed E-state index contributed by atoms with van der Waals surface area (Å²) in [7, 11) is 0. The molecule has 0 bridgehead atoms. The van der Waals surface area contributed by atoms with Gasteiger partial charge in [-0.15, -0.1) is 0 Å². The predicted octanol–water partition coefficient (Wildman–Crippen LogP) is 0.527. The minimum atomic E-state index is -0.0100. The standard InChI is InChI=1S/C4H4BrN3O/c5-3-2(9)1-7-4(6)8-3/h1,9H,(H2,6,7,8). The van der Waals surface area contributed by atoms with Crippen molar-refractivity contribution >= 4 is 21.9 Å². The molecule has 0 atom stereocenters. The number of nitrogens with zero attached hydrogens (tertiary/aromatic N) is 2. The first kappa shape index (κ1) is 6.28. The molecule has 0 spiro atoms. The Balaban J connectivity index is 3.17. The molecule has 0 aliphatic carbocycles. The SMILES string of the molecule is Nc1ncc(O)c(Br)n1. The summed E-state index contributed by atoms with van der Waals surface area (Å²) in [6, 6.07) is 0. The van der Waals surface area contributed by atoms with Crippen LogP contribution in [0.4, 0.5) is 5.95 Å². The Kier molecular flexibility index (Phi) is 1.52. The molecule has 0 fully saturated rings. The Morgan fingerprint density at radius 3 is 2.78 bits per heavy atom. The highest BCUT2D eigenvalue weighted by molar-refractivity contribution is 9.10. The third kappa shape index (κ3) is 1.29. The number of aromatic nitrogens is 2. The number of hydrogen-bond donors (Lipinski definition) is 2. The molecule has 48 valence electrons. The van der Waals surface area contributed by atoms with E-state index in [4.69, 9.17) is 10.8 Å². The van der Waals surface area contributed by atoms with Gasteiger partial charge >= 0.3 is 0 Å². The normalized spacial score (nSPS) is 9.44. The van der Waals surface area contributed by atoms with Crippen LogP contribution in [0.25, 0.3) is 0 Å². The topological polar surface area (TPSA) is 72.0 Å². The average Bonchev–Trinajstić information content (AvgIpc) is 1.80. The van der Waals surface area contributed by atoms with E-state index in [0.29, 0.717) is 4.60 Å². The first-order valence-corrected chi connectivity index (χ1v) is 2.96. The van der Waals surface area contributed by atoms with E-state index in [1.807, 2.05) is 0 Å². The van der Waals surface area contributed by atoms with Crippen molar-refractivity contribution in [1.29, 1.82) is 0 Å². The molecule has 0 amide bonds. The predicted molar refractivity (Wildman–Crippen MR) is 35.8 cm³/mol. The van der Waals surface area contributed by atoms with Crippen molar-refractivity contribution in [3.05, 3.63) is 10.8 Å². The third-order valence-electron chi connectivity index (χ3n) is 0.743. The van der Waals surface area contributed by atoms with E-state index < -0.39 is 0 Å². The highest BCUT2D eigenvalue weighted by Crippen LogP contribution is 2.18. The second kappa shape index (κ2) is 2.18. The highest BCUT2D eigenvalue weighted by Gasteiger charge is 1.97. The zero-order valence-electron chi connectivity index (χ0n) is 4.37. The van der Waals surface area contributed by atoms with Crippen molar-refractivity contribution < 1.29 is 5.11 Å². The van der Waals surface area contributed by atoms with Gasteiger partial charge in [0, 0.05) is 0 Å². The summed E-state index contributed by atoms with van der Waals surface area (Å²) in [4.78, 5) is 7.13. The summed E-state index contributed by atoms with van der Waals surface area (Å²) in [6.45, 7) is 0. The molecule has 1 rings (SSSR count). The molecule has 0 aliphatic rings. The number of rotatable bonds is 0. The fraction of sp³-hybridized carbons (Fsp3) is 0. The number of anilines is 1. The molecule has 0 radical (unpaired) electrons. The summed E-state index contributed by atoms with van der Waals surface area (Å²) < 4.78 is 0.315. The zero-order chi connectivity index (χ0) is 6.85. The first-order valence-electron chi connectivity index (χ1n) is 2.17. The first-order chi connectivity index (χ1) is 4.20. The van der Waals surface area contributed by atoms with Crippen LogP contribution in [0.2, 0.25) is 0 Å². The van der Waals surface area contributed by atoms with E-state index in [0.717, 1.165) is 0 Å². The maximum atomic E-state index is 8.82. The van der Waals surface area contributed by atoms with Crippen LogP contribution in [0.15, 0.2) is 10.8 Å². The van der Waals surface area contributed by atoms with Gasteiger partial charge in [-0.2, -0.15) is 0 Å². The van der Waals surface area contributed by atoms with E-state index in [9.17, 15) is 0 Å². The summed E-state index contributed by atoms with van der Waals surface area (Å²) in [5.74, 6) is 0.129. The fourth-order valence-corrected chi connectivity index (χ4v) is 0.651. The Morgan fingerprint density at radius 1 is 1.67 bits per heavy atom. The van der Waals surface area contributed by atoms with E-state index in [1.165, 1.54) is 6.20 Å². The zero-order valence-corrected chi connectivity index (χ0v) is 5.96. The van der Waals surface area contributed by atoms with Gasteiger partial charge in [-0.25, -0.2) is 9.97 Å². The lowest BCUT2D eigenvalue weighted by Crippen LogP contribution is -1.93. The minimum absolute atomic E-state index is 0.0100. The number of hydrogen-bond acceptors (Lipinski definition) is 4. The van der Waals surface area contributed by atoms with Crippen molar-refractivity contribution in [3.8, 4) is 5.75 Å². The van der Waals surface area contributed by atoms with Crippen molar-refractivity contribution in [1.82, 2.24) is 9.97 Å². The lowest BCUT2D eigenvalue weighted by Gasteiger charge is -1.93. The van der Waals surface area contributed by atoms with E-state index in [2.05, 4.69) is 25.9 Å². The van der Waals surface area contributed by atoms with Crippen LogP contribution in [-0.4, -0.2) is 15.1 Å².